The van der Waals surface area contributed by atoms with Gasteiger partial charge in [-0.05, 0) is 12.5 Å². The molecule has 0 bridgehead atoms. The van der Waals surface area contributed by atoms with Crippen LogP contribution in [-0.2, 0) is 0 Å². The lowest BCUT2D eigenvalue weighted by Crippen LogP contribution is -2.48. The molecular weight excluding hydrogens is 326 g/mol. The van der Waals surface area contributed by atoms with E-state index in [1.54, 1.807) is 25.4 Å². The number of benzene rings is 1. The van der Waals surface area contributed by atoms with E-state index in [0.717, 1.165) is 38.7 Å². The zero-order valence-electron chi connectivity index (χ0n) is 14.5. The Bertz CT molecular complexity index is 720. The molecule has 1 aliphatic rings. The van der Waals surface area contributed by atoms with Crippen molar-refractivity contribution in [3.63, 3.8) is 0 Å². The van der Waals surface area contributed by atoms with E-state index >= 15 is 0 Å². The predicted molar refractivity (Wildman–Crippen MR) is 91.8 cm³/mol. The standard InChI is InChI=1S/C18H22F2N4O/c1-3-16(14-5-4-13(19)12-15(14)20)23-8-10-24(11-9-23)18-21-7-6-17(22-18)25-2/h4-7,12,16H,3,8-11H2,1-2H3. The van der Waals surface area contributed by atoms with Gasteiger partial charge >= 0.3 is 0 Å². The van der Waals surface area contributed by atoms with Gasteiger partial charge in [-0.2, -0.15) is 4.98 Å². The fourth-order valence-electron chi connectivity index (χ4n) is 3.28. The number of nitrogens with zero attached hydrogens (tertiary/aromatic N) is 4. The lowest BCUT2D eigenvalue weighted by molar-refractivity contribution is 0.177. The lowest BCUT2D eigenvalue weighted by Gasteiger charge is -2.39. The summed E-state index contributed by atoms with van der Waals surface area (Å²) in [7, 11) is 1.58. The van der Waals surface area contributed by atoms with Crippen LogP contribution in [0, 0.1) is 11.6 Å². The predicted octanol–water partition coefficient (Wildman–Crippen LogP) is 3.04. The first-order valence-electron chi connectivity index (χ1n) is 8.43. The first kappa shape index (κ1) is 17.5. The smallest absolute Gasteiger partial charge is 0.228 e. The van der Waals surface area contributed by atoms with Crippen molar-refractivity contribution >= 4 is 5.95 Å². The van der Waals surface area contributed by atoms with Gasteiger partial charge in [0.2, 0.25) is 11.8 Å². The van der Waals surface area contributed by atoms with Crippen molar-refractivity contribution in [3.05, 3.63) is 47.7 Å². The molecule has 0 aliphatic carbocycles. The lowest BCUT2D eigenvalue weighted by atomic mass is 10.0. The van der Waals surface area contributed by atoms with E-state index in [9.17, 15) is 8.78 Å². The van der Waals surface area contributed by atoms with E-state index in [1.807, 2.05) is 6.92 Å². The van der Waals surface area contributed by atoms with Crippen LogP contribution >= 0.6 is 0 Å². The van der Waals surface area contributed by atoms with E-state index < -0.39 is 11.6 Å². The molecule has 0 N–H and O–H groups in total. The summed E-state index contributed by atoms with van der Waals surface area (Å²) in [6.07, 6.45) is 2.44. The minimum absolute atomic E-state index is 0.0611. The summed E-state index contributed by atoms with van der Waals surface area (Å²) in [5.41, 5.74) is 0.551. The molecule has 0 spiro atoms. The van der Waals surface area contributed by atoms with Gasteiger partial charge in [0.05, 0.1) is 7.11 Å². The Kier molecular flexibility index (Phi) is 5.43. The third-order valence-corrected chi connectivity index (χ3v) is 4.57. The normalized spacial score (nSPS) is 16.7. The van der Waals surface area contributed by atoms with E-state index in [4.69, 9.17) is 4.74 Å². The summed E-state index contributed by atoms with van der Waals surface area (Å²) in [6.45, 7) is 5.02. The van der Waals surface area contributed by atoms with Crippen LogP contribution in [0.2, 0.25) is 0 Å². The van der Waals surface area contributed by atoms with Crippen molar-refractivity contribution < 1.29 is 13.5 Å². The number of hydrogen-bond acceptors (Lipinski definition) is 5. The summed E-state index contributed by atoms with van der Waals surface area (Å²) < 4.78 is 32.5. The maximum atomic E-state index is 14.2. The van der Waals surface area contributed by atoms with Gasteiger partial charge in [-0.3, -0.25) is 4.90 Å². The second kappa shape index (κ2) is 7.74. The van der Waals surface area contributed by atoms with Gasteiger partial charge < -0.3 is 9.64 Å². The maximum Gasteiger partial charge on any atom is 0.228 e. The highest BCUT2D eigenvalue weighted by atomic mass is 19.1. The Balaban J connectivity index is 1.69. The van der Waals surface area contributed by atoms with Crippen molar-refractivity contribution in [3.8, 4) is 5.88 Å². The number of hydrogen-bond donors (Lipinski definition) is 0. The molecule has 1 aromatic heterocycles. The second-order valence-corrected chi connectivity index (χ2v) is 6.01. The highest BCUT2D eigenvalue weighted by molar-refractivity contribution is 5.33. The molecule has 0 amide bonds. The van der Waals surface area contributed by atoms with E-state index in [1.165, 1.54) is 6.07 Å². The van der Waals surface area contributed by atoms with Crippen LogP contribution in [0.4, 0.5) is 14.7 Å². The number of ether oxygens (including phenoxy) is 1. The van der Waals surface area contributed by atoms with Crippen LogP contribution < -0.4 is 9.64 Å². The highest BCUT2D eigenvalue weighted by Gasteiger charge is 2.27. The molecule has 5 nitrogen and oxygen atoms in total. The first-order chi connectivity index (χ1) is 12.1. The molecule has 1 aromatic carbocycles. The minimum Gasteiger partial charge on any atom is -0.481 e. The van der Waals surface area contributed by atoms with Crippen molar-refractivity contribution in [2.45, 2.75) is 19.4 Å². The topological polar surface area (TPSA) is 41.5 Å². The molecule has 1 atom stereocenters. The summed E-state index contributed by atoms with van der Waals surface area (Å²) >= 11 is 0. The molecule has 1 saturated heterocycles. The Morgan fingerprint density at radius 1 is 1.16 bits per heavy atom. The number of rotatable bonds is 5. The first-order valence-corrected chi connectivity index (χ1v) is 8.43. The van der Waals surface area contributed by atoms with Crippen LogP contribution in [0.5, 0.6) is 5.88 Å². The van der Waals surface area contributed by atoms with E-state index in [-0.39, 0.29) is 6.04 Å². The fraction of sp³-hybridized carbons (Fsp3) is 0.444. The summed E-state index contributed by atoms with van der Waals surface area (Å²) in [4.78, 5) is 13.0. The molecule has 7 heteroatoms. The molecule has 25 heavy (non-hydrogen) atoms. The molecular formula is C18H22F2N4O. The Hall–Kier alpha value is -2.28. The molecule has 0 saturated carbocycles. The van der Waals surface area contributed by atoms with Crippen molar-refractivity contribution in [1.82, 2.24) is 14.9 Å². The number of piperazine rings is 1. The van der Waals surface area contributed by atoms with Gasteiger partial charge in [0.15, 0.2) is 0 Å². The quantitative estimate of drug-likeness (QED) is 0.831. The third-order valence-electron chi connectivity index (χ3n) is 4.57. The highest BCUT2D eigenvalue weighted by Crippen LogP contribution is 2.28. The molecule has 1 unspecified atom stereocenters. The zero-order valence-corrected chi connectivity index (χ0v) is 14.5. The van der Waals surface area contributed by atoms with Crippen LogP contribution in [0.1, 0.15) is 24.9 Å². The Morgan fingerprint density at radius 2 is 1.92 bits per heavy atom. The number of aromatic nitrogens is 2. The van der Waals surface area contributed by atoms with Gasteiger partial charge in [0, 0.05) is 56.1 Å². The molecule has 3 rings (SSSR count). The summed E-state index contributed by atoms with van der Waals surface area (Å²) in [6, 6.07) is 5.48. The van der Waals surface area contributed by atoms with Crippen LogP contribution in [0.25, 0.3) is 0 Å². The van der Waals surface area contributed by atoms with Gasteiger partial charge in [0.1, 0.15) is 11.6 Å². The van der Waals surface area contributed by atoms with Crippen molar-refractivity contribution in [2.75, 3.05) is 38.2 Å². The van der Waals surface area contributed by atoms with Crippen LogP contribution in [-0.4, -0.2) is 48.2 Å². The summed E-state index contributed by atoms with van der Waals surface area (Å²) in [5, 5.41) is 0. The van der Waals surface area contributed by atoms with Gasteiger partial charge in [-0.25, -0.2) is 13.8 Å². The van der Waals surface area contributed by atoms with Crippen molar-refractivity contribution in [1.29, 1.82) is 0 Å². The molecule has 2 heterocycles. The fourth-order valence-corrected chi connectivity index (χ4v) is 3.28. The number of halogens is 2. The third kappa shape index (κ3) is 3.87. The SMILES string of the molecule is CCC(c1ccc(F)cc1F)N1CCN(c2nccc(OC)n2)CC1. The average molecular weight is 348 g/mol. The average Bonchev–Trinajstić information content (AvgIpc) is 2.64. The maximum absolute atomic E-state index is 14.2. The number of anilines is 1. The van der Waals surface area contributed by atoms with E-state index in [2.05, 4.69) is 19.8 Å². The van der Waals surface area contributed by atoms with Crippen molar-refractivity contribution in [2.24, 2.45) is 0 Å². The zero-order chi connectivity index (χ0) is 17.8. The van der Waals surface area contributed by atoms with Gasteiger partial charge in [0.25, 0.3) is 0 Å². The van der Waals surface area contributed by atoms with Gasteiger partial charge in [-0.15, -0.1) is 0 Å². The molecule has 2 aromatic rings. The molecule has 1 aliphatic heterocycles. The van der Waals surface area contributed by atoms with Crippen LogP contribution in [0.15, 0.2) is 30.5 Å². The van der Waals surface area contributed by atoms with E-state index in [0.29, 0.717) is 17.4 Å². The summed E-state index contributed by atoms with van der Waals surface area (Å²) in [5.74, 6) is 0.147. The Morgan fingerprint density at radius 3 is 2.56 bits per heavy atom. The Labute approximate surface area is 146 Å². The second-order valence-electron chi connectivity index (χ2n) is 6.01. The monoisotopic (exact) mass is 348 g/mol. The van der Waals surface area contributed by atoms with Gasteiger partial charge in [-0.1, -0.05) is 13.0 Å². The van der Waals surface area contributed by atoms with Crippen LogP contribution in [0.3, 0.4) is 0 Å². The minimum atomic E-state index is -0.545. The molecule has 1 fully saturated rings. The number of methoxy groups -OCH3 is 1. The largest absolute Gasteiger partial charge is 0.481 e. The molecule has 134 valence electrons. The molecule has 0 radical (unpaired) electrons.